The van der Waals surface area contributed by atoms with E-state index in [1.165, 1.54) is 41.6 Å². The van der Waals surface area contributed by atoms with Gasteiger partial charge in [-0.05, 0) is 61.0 Å². The van der Waals surface area contributed by atoms with E-state index >= 15 is 0 Å². The van der Waals surface area contributed by atoms with Crippen molar-refractivity contribution >= 4 is 27.3 Å². The SMILES string of the molecule is O=C(c1cc2ccccc2s1)N1CC(c2cccnc2)C2C1C1CCN2CC1. The molecular weight excluding hydrogens is 366 g/mol. The third kappa shape index (κ3) is 2.46. The van der Waals surface area contributed by atoms with Crippen LogP contribution in [0, 0.1) is 5.92 Å². The summed E-state index contributed by atoms with van der Waals surface area (Å²) in [5.41, 5.74) is 1.27. The molecule has 0 radical (unpaired) electrons. The molecule has 28 heavy (non-hydrogen) atoms. The van der Waals surface area contributed by atoms with Crippen LogP contribution >= 0.6 is 11.3 Å². The predicted octanol–water partition coefficient (Wildman–Crippen LogP) is 4.00. The molecule has 3 atom stereocenters. The molecular formula is C23H23N3OS. The van der Waals surface area contributed by atoms with Gasteiger partial charge in [0.1, 0.15) is 0 Å². The van der Waals surface area contributed by atoms with Crippen molar-refractivity contribution < 1.29 is 4.79 Å². The van der Waals surface area contributed by atoms with Gasteiger partial charge in [-0.15, -0.1) is 11.3 Å². The molecule has 4 saturated heterocycles. The summed E-state index contributed by atoms with van der Waals surface area (Å²) in [6.07, 6.45) is 6.27. The van der Waals surface area contributed by atoms with E-state index in [1.807, 2.05) is 30.6 Å². The zero-order valence-corrected chi connectivity index (χ0v) is 16.5. The third-order valence-electron chi connectivity index (χ3n) is 7.00. The number of carbonyl (C=O) groups excluding carboxylic acids is 1. The molecule has 0 saturated carbocycles. The molecule has 0 N–H and O–H groups in total. The second-order valence-corrected chi connectivity index (χ2v) is 9.44. The second kappa shape index (κ2) is 6.39. The van der Waals surface area contributed by atoms with Gasteiger partial charge >= 0.3 is 0 Å². The molecule has 5 heteroatoms. The molecule has 2 aromatic heterocycles. The Balaban J connectivity index is 1.39. The molecule has 142 valence electrons. The predicted molar refractivity (Wildman–Crippen MR) is 112 cm³/mol. The van der Waals surface area contributed by atoms with Crippen LogP contribution in [0.15, 0.2) is 54.9 Å². The monoisotopic (exact) mass is 389 g/mol. The van der Waals surface area contributed by atoms with Gasteiger partial charge in [0.2, 0.25) is 0 Å². The fraction of sp³-hybridized carbons (Fsp3) is 0.391. The van der Waals surface area contributed by atoms with Gasteiger partial charge in [-0.2, -0.15) is 0 Å². The van der Waals surface area contributed by atoms with Crippen molar-refractivity contribution in [1.29, 1.82) is 0 Å². The number of carbonyl (C=O) groups is 1. The standard InChI is InChI=1S/C23H23N3OS/c27-23(20-12-16-4-1-2-6-19(16)28-20)26-14-18(17-5-3-9-24-13-17)22-21(26)15-7-10-25(22)11-8-15/h1-6,9,12-13,15,18,21-22H,7-8,10-11,14H2. The highest BCUT2D eigenvalue weighted by Crippen LogP contribution is 2.47. The summed E-state index contributed by atoms with van der Waals surface area (Å²) in [5, 5.41) is 1.17. The summed E-state index contributed by atoms with van der Waals surface area (Å²) in [6.45, 7) is 3.15. The van der Waals surface area contributed by atoms with E-state index in [0.717, 1.165) is 11.4 Å². The number of rotatable bonds is 2. The summed E-state index contributed by atoms with van der Waals surface area (Å²) < 4.78 is 1.19. The lowest BCUT2D eigenvalue weighted by Gasteiger charge is -2.51. The Morgan fingerprint density at radius 3 is 2.71 bits per heavy atom. The molecule has 2 bridgehead atoms. The van der Waals surface area contributed by atoms with Gasteiger partial charge < -0.3 is 4.90 Å². The van der Waals surface area contributed by atoms with Crippen molar-refractivity contribution in [3.05, 3.63) is 65.3 Å². The summed E-state index contributed by atoms with van der Waals surface area (Å²) in [4.78, 5) is 23.7. The van der Waals surface area contributed by atoms with Crippen LogP contribution in [0.5, 0.6) is 0 Å². The smallest absolute Gasteiger partial charge is 0.264 e. The normalized spacial score (nSPS) is 31.3. The number of pyridine rings is 1. The molecule has 4 aliphatic heterocycles. The first-order chi connectivity index (χ1) is 13.8. The third-order valence-corrected chi connectivity index (χ3v) is 8.11. The minimum atomic E-state index is 0.219. The summed E-state index contributed by atoms with van der Waals surface area (Å²) in [7, 11) is 0. The van der Waals surface area contributed by atoms with Gasteiger partial charge in [0.05, 0.1) is 10.9 Å². The number of fused-ring (bicyclic) bond motifs is 3. The van der Waals surface area contributed by atoms with Crippen LogP contribution in [0.3, 0.4) is 0 Å². The van der Waals surface area contributed by atoms with E-state index in [1.54, 1.807) is 11.3 Å². The lowest BCUT2D eigenvalue weighted by atomic mass is 9.75. The molecule has 4 aliphatic rings. The van der Waals surface area contributed by atoms with E-state index < -0.39 is 0 Å². The van der Waals surface area contributed by atoms with E-state index in [0.29, 0.717) is 23.9 Å². The van der Waals surface area contributed by atoms with Crippen LogP contribution in [0.4, 0.5) is 0 Å². The molecule has 7 rings (SSSR count). The molecule has 0 aliphatic carbocycles. The first-order valence-electron chi connectivity index (χ1n) is 10.2. The lowest BCUT2D eigenvalue weighted by Crippen LogP contribution is -2.60. The first kappa shape index (κ1) is 16.7. The maximum absolute atomic E-state index is 13.6. The topological polar surface area (TPSA) is 36.4 Å². The fourth-order valence-corrected chi connectivity index (χ4v) is 6.79. The average Bonchev–Trinajstić information content (AvgIpc) is 3.38. The Morgan fingerprint density at radius 1 is 1.07 bits per heavy atom. The molecule has 1 amide bonds. The van der Waals surface area contributed by atoms with Gasteiger partial charge in [0, 0.05) is 35.6 Å². The largest absolute Gasteiger partial charge is 0.332 e. The summed E-state index contributed by atoms with van der Waals surface area (Å²) in [5.74, 6) is 1.21. The van der Waals surface area contributed by atoms with Gasteiger partial charge in [0.25, 0.3) is 5.91 Å². The number of nitrogens with zero attached hydrogens (tertiary/aromatic N) is 3. The zero-order chi connectivity index (χ0) is 18.7. The Morgan fingerprint density at radius 2 is 1.93 bits per heavy atom. The van der Waals surface area contributed by atoms with Gasteiger partial charge in [-0.1, -0.05) is 24.3 Å². The van der Waals surface area contributed by atoms with E-state index in [4.69, 9.17) is 0 Å². The number of benzene rings is 1. The first-order valence-corrected chi connectivity index (χ1v) is 11.0. The highest BCUT2D eigenvalue weighted by atomic mass is 32.1. The van der Waals surface area contributed by atoms with Crippen LogP contribution in [0.1, 0.15) is 34.0 Å². The Kier molecular flexibility index (Phi) is 3.81. The maximum Gasteiger partial charge on any atom is 0.264 e. The highest BCUT2D eigenvalue weighted by molar-refractivity contribution is 7.20. The van der Waals surface area contributed by atoms with Crippen molar-refractivity contribution in [2.75, 3.05) is 19.6 Å². The highest BCUT2D eigenvalue weighted by Gasteiger charge is 2.54. The van der Waals surface area contributed by atoms with Gasteiger partial charge in [0.15, 0.2) is 0 Å². The number of piperidine rings is 3. The van der Waals surface area contributed by atoms with Crippen molar-refractivity contribution in [2.24, 2.45) is 5.92 Å². The van der Waals surface area contributed by atoms with Crippen molar-refractivity contribution in [3.63, 3.8) is 0 Å². The molecule has 4 nitrogen and oxygen atoms in total. The van der Waals surface area contributed by atoms with Crippen molar-refractivity contribution in [1.82, 2.24) is 14.8 Å². The molecule has 4 fully saturated rings. The lowest BCUT2D eigenvalue weighted by molar-refractivity contribution is -0.00327. The molecule has 1 aromatic carbocycles. The van der Waals surface area contributed by atoms with Crippen LogP contribution in [-0.2, 0) is 0 Å². The number of amides is 1. The van der Waals surface area contributed by atoms with Crippen LogP contribution in [-0.4, -0.2) is 52.4 Å². The van der Waals surface area contributed by atoms with Crippen molar-refractivity contribution in [3.8, 4) is 0 Å². The quantitative estimate of drug-likeness (QED) is 0.665. The van der Waals surface area contributed by atoms with Gasteiger partial charge in [-0.3, -0.25) is 14.7 Å². The summed E-state index contributed by atoms with van der Waals surface area (Å²) in [6, 6.07) is 15.4. The zero-order valence-electron chi connectivity index (χ0n) is 15.7. The average molecular weight is 390 g/mol. The number of hydrogen-bond acceptors (Lipinski definition) is 4. The van der Waals surface area contributed by atoms with Crippen LogP contribution < -0.4 is 0 Å². The van der Waals surface area contributed by atoms with E-state index in [-0.39, 0.29) is 5.91 Å². The fourth-order valence-electron chi connectivity index (χ4n) is 5.77. The Hall–Kier alpha value is -2.24. The van der Waals surface area contributed by atoms with E-state index in [2.05, 4.69) is 39.0 Å². The van der Waals surface area contributed by atoms with Gasteiger partial charge in [-0.25, -0.2) is 0 Å². The molecule has 3 aromatic rings. The summed E-state index contributed by atoms with van der Waals surface area (Å²) >= 11 is 1.63. The minimum Gasteiger partial charge on any atom is -0.332 e. The van der Waals surface area contributed by atoms with E-state index in [9.17, 15) is 4.79 Å². The number of thiophene rings is 1. The minimum absolute atomic E-state index is 0.219. The number of likely N-dealkylation sites (tertiary alicyclic amines) is 1. The molecule has 6 heterocycles. The Labute approximate surface area is 168 Å². The van der Waals surface area contributed by atoms with Crippen LogP contribution in [0.2, 0.25) is 0 Å². The Bertz CT molecular complexity index is 992. The molecule has 3 unspecified atom stereocenters. The second-order valence-electron chi connectivity index (χ2n) is 8.35. The maximum atomic E-state index is 13.6. The number of hydrogen-bond donors (Lipinski definition) is 0. The number of aromatic nitrogens is 1. The molecule has 0 spiro atoms. The van der Waals surface area contributed by atoms with Crippen LogP contribution in [0.25, 0.3) is 10.1 Å². The van der Waals surface area contributed by atoms with Crippen molar-refractivity contribution in [2.45, 2.75) is 30.8 Å².